The summed E-state index contributed by atoms with van der Waals surface area (Å²) in [6.07, 6.45) is 0. The molecule has 0 aliphatic rings. The standard InChI is InChI=1S/C12H12N2S2/c13-9-5-1-3-7-11(9)15-16-12-8-4-2-6-10(12)14/h1-8H,13-14H2/p+2. The molecule has 0 spiro atoms. The molecule has 2 aromatic carbocycles. The van der Waals surface area contributed by atoms with Crippen LogP contribution in [0, 0.1) is 0 Å². The van der Waals surface area contributed by atoms with Crippen molar-refractivity contribution in [3.63, 3.8) is 0 Å². The van der Waals surface area contributed by atoms with E-state index in [-0.39, 0.29) is 0 Å². The molecule has 0 heterocycles. The van der Waals surface area contributed by atoms with Crippen LogP contribution in [-0.2, 0) is 0 Å². The fourth-order valence-electron chi connectivity index (χ4n) is 1.26. The normalized spacial score (nSPS) is 10.4. The van der Waals surface area contributed by atoms with E-state index in [1.807, 2.05) is 36.4 Å². The summed E-state index contributed by atoms with van der Waals surface area (Å²) in [5.74, 6) is 0. The summed E-state index contributed by atoms with van der Waals surface area (Å²) in [5.41, 5.74) is 10.2. The lowest BCUT2D eigenvalue weighted by molar-refractivity contribution is -0.259. The third-order valence-corrected chi connectivity index (χ3v) is 4.73. The van der Waals surface area contributed by atoms with Gasteiger partial charge in [0.25, 0.3) is 0 Å². The molecule has 82 valence electrons. The molecule has 0 aliphatic heterocycles. The minimum Gasteiger partial charge on any atom is -0.324 e. The third kappa shape index (κ3) is 2.80. The van der Waals surface area contributed by atoms with Gasteiger partial charge in [-0.1, -0.05) is 24.3 Å². The second-order valence-electron chi connectivity index (χ2n) is 3.38. The van der Waals surface area contributed by atoms with E-state index in [9.17, 15) is 0 Å². The number of benzene rings is 2. The second-order valence-corrected chi connectivity index (χ2v) is 5.60. The highest BCUT2D eigenvalue weighted by molar-refractivity contribution is 8.76. The van der Waals surface area contributed by atoms with Crippen LogP contribution in [0.3, 0.4) is 0 Å². The highest BCUT2D eigenvalue weighted by atomic mass is 33.1. The molecule has 6 N–H and O–H groups in total. The summed E-state index contributed by atoms with van der Waals surface area (Å²) < 4.78 is 0. The third-order valence-electron chi connectivity index (χ3n) is 2.17. The maximum Gasteiger partial charge on any atom is 0.142 e. The fourth-order valence-corrected chi connectivity index (χ4v) is 3.57. The van der Waals surface area contributed by atoms with E-state index in [0.717, 1.165) is 11.4 Å². The first-order valence-corrected chi connectivity index (χ1v) is 7.09. The molecule has 2 aromatic rings. The number of hydrogen-bond donors (Lipinski definition) is 2. The first-order valence-electron chi connectivity index (χ1n) is 4.94. The molecule has 2 nitrogen and oxygen atoms in total. The Hall–Kier alpha value is -0.940. The van der Waals surface area contributed by atoms with Gasteiger partial charge in [-0.25, -0.2) is 0 Å². The van der Waals surface area contributed by atoms with Crippen LogP contribution in [0.5, 0.6) is 0 Å². The Bertz CT molecular complexity index is 440. The van der Waals surface area contributed by atoms with Crippen molar-refractivity contribution in [2.45, 2.75) is 9.79 Å². The molecular weight excluding hydrogens is 236 g/mol. The highest BCUT2D eigenvalue weighted by Crippen LogP contribution is 2.40. The largest absolute Gasteiger partial charge is 0.324 e. The molecular formula is C12H14N2S2+2. The predicted molar refractivity (Wildman–Crippen MR) is 69.7 cm³/mol. The maximum atomic E-state index is 4.01. The molecule has 0 saturated carbocycles. The Kier molecular flexibility index (Phi) is 3.90. The monoisotopic (exact) mass is 250 g/mol. The van der Waals surface area contributed by atoms with Crippen molar-refractivity contribution in [3.05, 3.63) is 48.5 Å². The van der Waals surface area contributed by atoms with Gasteiger partial charge < -0.3 is 11.5 Å². The van der Waals surface area contributed by atoms with Crippen molar-refractivity contribution in [2.75, 3.05) is 0 Å². The minimum atomic E-state index is 1.07. The van der Waals surface area contributed by atoms with Gasteiger partial charge in [0, 0.05) is 12.1 Å². The molecule has 0 saturated heterocycles. The van der Waals surface area contributed by atoms with E-state index >= 15 is 0 Å². The minimum absolute atomic E-state index is 1.07. The Morgan fingerprint density at radius 2 is 1.00 bits per heavy atom. The van der Waals surface area contributed by atoms with E-state index in [4.69, 9.17) is 0 Å². The van der Waals surface area contributed by atoms with Crippen molar-refractivity contribution in [2.24, 2.45) is 0 Å². The molecule has 0 bridgehead atoms. The Labute approximate surface area is 103 Å². The molecule has 0 radical (unpaired) electrons. The van der Waals surface area contributed by atoms with E-state index in [1.165, 1.54) is 9.79 Å². The van der Waals surface area contributed by atoms with Gasteiger partial charge in [-0.15, -0.1) is 0 Å². The van der Waals surface area contributed by atoms with Crippen LogP contribution in [0.1, 0.15) is 0 Å². The summed E-state index contributed by atoms with van der Waals surface area (Å²) >= 11 is 0. The second kappa shape index (κ2) is 5.41. The van der Waals surface area contributed by atoms with Gasteiger partial charge in [-0.3, -0.25) is 0 Å². The van der Waals surface area contributed by atoms with Crippen LogP contribution in [0.2, 0.25) is 0 Å². The zero-order valence-corrected chi connectivity index (χ0v) is 10.5. The summed E-state index contributed by atoms with van der Waals surface area (Å²) in [6, 6.07) is 16.3. The average molecular weight is 250 g/mol. The quantitative estimate of drug-likeness (QED) is 0.821. The Balaban J connectivity index is 2.09. The van der Waals surface area contributed by atoms with E-state index in [2.05, 4.69) is 23.6 Å². The van der Waals surface area contributed by atoms with Crippen LogP contribution in [0.15, 0.2) is 58.3 Å². The van der Waals surface area contributed by atoms with Crippen LogP contribution < -0.4 is 11.5 Å². The Morgan fingerprint density at radius 1 is 0.625 bits per heavy atom. The van der Waals surface area contributed by atoms with E-state index in [1.54, 1.807) is 21.6 Å². The zero-order chi connectivity index (χ0) is 11.4. The summed E-state index contributed by atoms with van der Waals surface area (Å²) in [7, 11) is 3.46. The molecule has 0 aliphatic carbocycles. The number of quaternary nitrogens is 2. The molecule has 2 rings (SSSR count). The van der Waals surface area contributed by atoms with Gasteiger partial charge >= 0.3 is 0 Å². The molecule has 0 amide bonds. The molecule has 16 heavy (non-hydrogen) atoms. The lowest BCUT2D eigenvalue weighted by Gasteiger charge is -2.02. The maximum absolute atomic E-state index is 4.01. The van der Waals surface area contributed by atoms with Crippen molar-refractivity contribution >= 4 is 33.0 Å². The average Bonchev–Trinajstić information content (AvgIpc) is 2.30. The van der Waals surface area contributed by atoms with E-state index in [0.29, 0.717) is 0 Å². The predicted octanol–water partition coefficient (Wildman–Crippen LogP) is 2.23. The fraction of sp³-hybridized carbons (Fsp3) is 0. The van der Waals surface area contributed by atoms with Gasteiger partial charge in [0.1, 0.15) is 11.4 Å². The van der Waals surface area contributed by atoms with Gasteiger partial charge in [0.15, 0.2) is 0 Å². The van der Waals surface area contributed by atoms with Crippen molar-refractivity contribution in [3.8, 4) is 0 Å². The SMILES string of the molecule is [NH3+]c1ccccc1SSc1ccccc1[NH3+]. The molecule has 0 aromatic heterocycles. The summed E-state index contributed by atoms with van der Waals surface area (Å²) in [6.45, 7) is 0. The first kappa shape index (κ1) is 11.5. The molecule has 0 fully saturated rings. The molecule has 0 atom stereocenters. The van der Waals surface area contributed by atoms with Crippen LogP contribution in [0.25, 0.3) is 0 Å². The van der Waals surface area contributed by atoms with Crippen molar-refractivity contribution in [1.29, 1.82) is 0 Å². The highest BCUT2D eigenvalue weighted by Gasteiger charge is 2.06. The van der Waals surface area contributed by atoms with Crippen LogP contribution >= 0.6 is 21.6 Å². The smallest absolute Gasteiger partial charge is 0.142 e. The van der Waals surface area contributed by atoms with Gasteiger partial charge in [-0.2, -0.15) is 0 Å². The van der Waals surface area contributed by atoms with Crippen molar-refractivity contribution < 1.29 is 11.5 Å². The van der Waals surface area contributed by atoms with E-state index < -0.39 is 0 Å². The zero-order valence-electron chi connectivity index (χ0n) is 8.85. The lowest BCUT2D eigenvalue weighted by Crippen LogP contribution is -2.41. The topological polar surface area (TPSA) is 55.3 Å². The van der Waals surface area contributed by atoms with Crippen molar-refractivity contribution in [1.82, 2.24) is 0 Å². The van der Waals surface area contributed by atoms with Gasteiger partial charge in [0.2, 0.25) is 0 Å². The van der Waals surface area contributed by atoms with Crippen LogP contribution in [-0.4, -0.2) is 0 Å². The summed E-state index contributed by atoms with van der Waals surface area (Å²) in [4.78, 5) is 2.41. The van der Waals surface area contributed by atoms with Gasteiger partial charge in [-0.05, 0) is 33.7 Å². The van der Waals surface area contributed by atoms with Gasteiger partial charge in [0.05, 0.1) is 9.79 Å². The lowest BCUT2D eigenvalue weighted by atomic mass is 10.3. The number of rotatable bonds is 3. The molecule has 4 heteroatoms. The van der Waals surface area contributed by atoms with Crippen LogP contribution in [0.4, 0.5) is 11.4 Å². The molecule has 0 unspecified atom stereocenters. The number of hydrogen-bond acceptors (Lipinski definition) is 2. The Morgan fingerprint density at radius 3 is 1.38 bits per heavy atom. The first-order chi connectivity index (χ1) is 7.77. The summed E-state index contributed by atoms with van der Waals surface area (Å²) in [5, 5.41) is 0.